The van der Waals surface area contributed by atoms with Crippen molar-refractivity contribution in [3.8, 4) is 0 Å². The molecule has 2 saturated heterocycles. The smallest absolute Gasteiger partial charge is 0.325 e. The van der Waals surface area contributed by atoms with Gasteiger partial charge in [-0.25, -0.2) is 9.69 Å². The van der Waals surface area contributed by atoms with Gasteiger partial charge in [-0.2, -0.15) is 0 Å². The number of nitrogens with zero attached hydrogens (tertiary/aromatic N) is 2. The van der Waals surface area contributed by atoms with Crippen LogP contribution < -0.4 is 10.6 Å². The summed E-state index contributed by atoms with van der Waals surface area (Å²) in [7, 11) is 0. The molecule has 3 aliphatic rings. The number of urea groups is 1. The minimum Gasteiger partial charge on any atom is -0.393 e. The molecule has 0 aromatic heterocycles. The molecule has 4 rings (SSSR count). The van der Waals surface area contributed by atoms with Crippen LogP contribution in [0.25, 0.3) is 0 Å². The van der Waals surface area contributed by atoms with E-state index in [4.69, 9.17) is 0 Å². The van der Waals surface area contributed by atoms with Crippen LogP contribution in [0.5, 0.6) is 0 Å². The van der Waals surface area contributed by atoms with Crippen molar-refractivity contribution in [1.29, 1.82) is 0 Å². The summed E-state index contributed by atoms with van der Waals surface area (Å²) < 4.78 is 0. The van der Waals surface area contributed by atoms with E-state index in [2.05, 4.69) is 27.7 Å². The van der Waals surface area contributed by atoms with Gasteiger partial charge in [-0.3, -0.25) is 14.5 Å². The predicted octanol–water partition coefficient (Wildman–Crippen LogP) is 1.51. The Kier molecular flexibility index (Phi) is 6.29. The molecule has 1 aromatic carbocycles. The highest BCUT2D eigenvalue weighted by Gasteiger charge is 2.54. The SMILES string of the molecule is CC(C(=O)NCc1ccc(CN2CCC(O)CC2)cc1)N1C(=O)NC2(CCCC2)C1=O. The van der Waals surface area contributed by atoms with Crippen LogP contribution in [-0.4, -0.2) is 63.5 Å². The fraction of sp³-hybridized carbons (Fsp3) is 0.609. The highest BCUT2D eigenvalue weighted by atomic mass is 16.3. The molecule has 1 atom stereocenters. The Hall–Kier alpha value is -2.45. The van der Waals surface area contributed by atoms with Crippen LogP contribution in [-0.2, 0) is 22.7 Å². The van der Waals surface area contributed by atoms with E-state index in [0.29, 0.717) is 19.4 Å². The van der Waals surface area contributed by atoms with Crippen LogP contribution in [0.4, 0.5) is 4.79 Å². The Balaban J connectivity index is 1.28. The Bertz CT molecular complexity index is 826. The van der Waals surface area contributed by atoms with Crippen molar-refractivity contribution in [2.75, 3.05) is 13.1 Å². The maximum Gasteiger partial charge on any atom is 0.325 e. The first kappa shape index (κ1) is 21.8. The number of aliphatic hydroxyl groups excluding tert-OH is 1. The number of carbonyl (C=O) groups excluding carboxylic acids is 3. The monoisotopic (exact) mass is 428 g/mol. The third-order valence-corrected chi connectivity index (χ3v) is 6.87. The molecular formula is C23H32N4O4. The summed E-state index contributed by atoms with van der Waals surface area (Å²) in [5.41, 5.74) is 1.36. The van der Waals surface area contributed by atoms with Crippen molar-refractivity contribution in [3.63, 3.8) is 0 Å². The van der Waals surface area contributed by atoms with Crippen LogP contribution in [0.15, 0.2) is 24.3 Å². The van der Waals surface area contributed by atoms with Gasteiger partial charge in [0.05, 0.1) is 6.10 Å². The van der Waals surface area contributed by atoms with Crippen LogP contribution in [0, 0.1) is 0 Å². The second-order valence-electron chi connectivity index (χ2n) is 9.11. The Morgan fingerprint density at radius 3 is 2.42 bits per heavy atom. The van der Waals surface area contributed by atoms with Crippen LogP contribution in [0.3, 0.4) is 0 Å². The molecule has 3 N–H and O–H groups in total. The summed E-state index contributed by atoms with van der Waals surface area (Å²) >= 11 is 0. The number of rotatable bonds is 6. The summed E-state index contributed by atoms with van der Waals surface area (Å²) in [4.78, 5) is 41.3. The average Bonchev–Trinajstić information content (AvgIpc) is 3.33. The number of benzene rings is 1. The lowest BCUT2D eigenvalue weighted by molar-refractivity contribution is -0.137. The number of nitrogens with one attached hydrogen (secondary N) is 2. The summed E-state index contributed by atoms with van der Waals surface area (Å²) in [6.45, 7) is 4.60. The number of piperidine rings is 1. The average molecular weight is 429 g/mol. The van der Waals surface area contributed by atoms with E-state index in [1.165, 1.54) is 5.56 Å². The molecule has 4 amide bonds. The lowest BCUT2D eigenvalue weighted by Gasteiger charge is -2.29. The second-order valence-corrected chi connectivity index (χ2v) is 9.11. The summed E-state index contributed by atoms with van der Waals surface area (Å²) in [5, 5.41) is 15.3. The third-order valence-electron chi connectivity index (χ3n) is 6.87. The summed E-state index contributed by atoms with van der Waals surface area (Å²) in [6, 6.07) is 6.76. The first-order chi connectivity index (χ1) is 14.9. The molecule has 8 nitrogen and oxygen atoms in total. The van der Waals surface area contributed by atoms with Gasteiger partial charge < -0.3 is 15.7 Å². The van der Waals surface area contributed by atoms with E-state index in [0.717, 1.165) is 55.8 Å². The summed E-state index contributed by atoms with van der Waals surface area (Å²) in [6.07, 6.45) is 4.59. The van der Waals surface area contributed by atoms with E-state index < -0.39 is 17.6 Å². The van der Waals surface area contributed by atoms with Crippen LogP contribution >= 0.6 is 0 Å². The lowest BCUT2D eigenvalue weighted by atomic mass is 9.97. The van der Waals surface area contributed by atoms with E-state index in [9.17, 15) is 19.5 Å². The number of amides is 4. The molecule has 168 valence electrons. The van der Waals surface area contributed by atoms with Crippen LogP contribution in [0.2, 0.25) is 0 Å². The number of hydrogen-bond donors (Lipinski definition) is 3. The second kappa shape index (κ2) is 8.96. The highest BCUT2D eigenvalue weighted by Crippen LogP contribution is 2.35. The van der Waals surface area contributed by atoms with Crippen molar-refractivity contribution in [2.45, 2.75) is 76.2 Å². The minimum atomic E-state index is -0.846. The predicted molar refractivity (Wildman–Crippen MR) is 115 cm³/mol. The van der Waals surface area contributed by atoms with E-state index in [-0.39, 0.29) is 17.9 Å². The van der Waals surface area contributed by atoms with Gasteiger partial charge in [-0.1, -0.05) is 37.1 Å². The molecule has 0 radical (unpaired) electrons. The minimum absolute atomic E-state index is 0.171. The van der Waals surface area contributed by atoms with Gasteiger partial charge in [-0.05, 0) is 43.7 Å². The van der Waals surface area contributed by atoms with Crippen LogP contribution in [0.1, 0.15) is 56.6 Å². The third kappa shape index (κ3) is 4.60. The highest BCUT2D eigenvalue weighted by molar-refractivity contribution is 6.09. The molecule has 2 heterocycles. The lowest BCUT2D eigenvalue weighted by Crippen LogP contribution is -2.49. The molecule has 1 spiro atoms. The zero-order chi connectivity index (χ0) is 22.0. The van der Waals surface area contributed by atoms with Crippen molar-refractivity contribution in [1.82, 2.24) is 20.4 Å². The van der Waals surface area contributed by atoms with Gasteiger partial charge in [0.25, 0.3) is 5.91 Å². The normalized spacial score (nSPS) is 22.7. The van der Waals surface area contributed by atoms with E-state index in [1.54, 1.807) is 6.92 Å². The number of likely N-dealkylation sites (tertiary alicyclic amines) is 1. The Morgan fingerprint density at radius 2 is 1.77 bits per heavy atom. The molecule has 1 unspecified atom stereocenters. The van der Waals surface area contributed by atoms with Gasteiger partial charge in [0, 0.05) is 26.2 Å². The maximum absolute atomic E-state index is 12.8. The quantitative estimate of drug-likeness (QED) is 0.596. The van der Waals surface area contributed by atoms with Crippen molar-refractivity contribution < 1.29 is 19.5 Å². The summed E-state index contributed by atoms with van der Waals surface area (Å²) in [5.74, 6) is -0.610. The number of carbonyl (C=O) groups is 3. The molecule has 1 aliphatic carbocycles. The number of imide groups is 1. The number of hydrogen-bond acceptors (Lipinski definition) is 5. The van der Waals surface area contributed by atoms with Gasteiger partial charge in [-0.15, -0.1) is 0 Å². The first-order valence-electron chi connectivity index (χ1n) is 11.3. The zero-order valence-electron chi connectivity index (χ0n) is 18.1. The van der Waals surface area contributed by atoms with E-state index in [1.807, 2.05) is 12.1 Å². The Labute approximate surface area is 183 Å². The molecule has 31 heavy (non-hydrogen) atoms. The fourth-order valence-corrected chi connectivity index (χ4v) is 4.86. The molecule has 1 aromatic rings. The molecule has 3 fully saturated rings. The standard InChI is InChI=1S/C23H32N4O4/c1-16(27-21(30)23(25-22(27)31)10-2-3-11-23)20(29)24-14-17-4-6-18(7-5-17)15-26-12-8-19(28)9-13-26/h4-7,16,19,28H,2-3,8-15H2,1H3,(H,24,29)(H,25,31). The Morgan fingerprint density at radius 1 is 1.16 bits per heavy atom. The molecule has 1 saturated carbocycles. The van der Waals surface area contributed by atoms with E-state index >= 15 is 0 Å². The topological polar surface area (TPSA) is 102 Å². The number of aliphatic hydroxyl groups is 1. The van der Waals surface area contributed by atoms with Crippen molar-refractivity contribution in [2.24, 2.45) is 0 Å². The molecule has 8 heteroatoms. The van der Waals surface area contributed by atoms with Gasteiger partial charge in [0.15, 0.2) is 0 Å². The fourth-order valence-electron chi connectivity index (χ4n) is 4.86. The van der Waals surface area contributed by atoms with Crippen molar-refractivity contribution >= 4 is 17.8 Å². The molecule has 0 bridgehead atoms. The maximum atomic E-state index is 12.8. The first-order valence-corrected chi connectivity index (χ1v) is 11.3. The van der Waals surface area contributed by atoms with Gasteiger partial charge >= 0.3 is 6.03 Å². The van der Waals surface area contributed by atoms with Gasteiger partial charge in [0.1, 0.15) is 11.6 Å². The molecular weight excluding hydrogens is 396 g/mol. The van der Waals surface area contributed by atoms with Gasteiger partial charge in [0.2, 0.25) is 5.91 Å². The van der Waals surface area contributed by atoms with Crippen molar-refractivity contribution in [3.05, 3.63) is 35.4 Å². The zero-order valence-corrected chi connectivity index (χ0v) is 18.1. The molecule has 2 aliphatic heterocycles. The largest absolute Gasteiger partial charge is 0.393 e.